The lowest BCUT2D eigenvalue weighted by atomic mass is 9.95. The molecular weight excluding hydrogens is 539 g/mol. The summed E-state index contributed by atoms with van der Waals surface area (Å²) < 4.78 is 29.2. The second kappa shape index (κ2) is 11.8. The molecule has 0 spiro atoms. The number of methoxy groups -OCH3 is 3. The number of benzene rings is 3. The maximum atomic E-state index is 6.64. The number of hydrazone groups is 1. The van der Waals surface area contributed by atoms with E-state index >= 15 is 0 Å². The average molecular weight is 572 g/mol. The van der Waals surface area contributed by atoms with Gasteiger partial charge in [0.2, 0.25) is 6.23 Å². The van der Waals surface area contributed by atoms with E-state index in [0.717, 1.165) is 41.7 Å². The van der Waals surface area contributed by atoms with Crippen LogP contribution in [0, 0.1) is 0 Å². The van der Waals surface area contributed by atoms with E-state index in [1.165, 1.54) is 0 Å². The average Bonchev–Trinajstić information content (AvgIpc) is 3.40. The van der Waals surface area contributed by atoms with Gasteiger partial charge in [-0.15, -0.1) is 0 Å². The van der Waals surface area contributed by atoms with Crippen molar-refractivity contribution < 1.29 is 23.7 Å². The molecule has 2 unspecified atom stereocenters. The molecule has 0 radical (unpaired) electrons. The Bertz CT molecular complexity index is 1380. The standard InChI is InChI=1S/C30H32Cl2N2O5/c1-5-6-7-12-38-26-11-9-19(14-28(26)37-4)30-34-24(21-15-20(31)16-22(32)29(21)39-30)17-23(33-34)18-8-10-25(35-2)27(13-18)36-3/h8-11,13-16,24,30H,5-7,12,17H2,1-4H3. The lowest BCUT2D eigenvalue weighted by molar-refractivity contribution is -0.0190. The largest absolute Gasteiger partial charge is 0.493 e. The van der Waals surface area contributed by atoms with Gasteiger partial charge in [-0.1, -0.05) is 43.0 Å². The van der Waals surface area contributed by atoms with Gasteiger partial charge in [-0.2, -0.15) is 5.10 Å². The first-order valence-electron chi connectivity index (χ1n) is 13.0. The molecule has 0 aliphatic carbocycles. The van der Waals surface area contributed by atoms with Crippen LogP contribution in [0.3, 0.4) is 0 Å². The smallest absolute Gasteiger partial charge is 0.214 e. The summed E-state index contributed by atoms with van der Waals surface area (Å²) in [5, 5.41) is 8.03. The highest BCUT2D eigenvalue weighted by Crippen LogP contribution is 2.51. The molecule has 3 aromatic carbocycles. The first-order chi connectivity index (χ1) is 19.0. The Hall–Kier alpha value is -3.29. The highest BCUT2D eigenvalue weighted by atomic mass is 35.5. The molecule has 206 valence electrons. The summed E-state index contributed by atoms with van der Waals surface area (Å²) in [7, 11) is 4.88. The topological polar surface area (TPSA) is 61.8 Å². The fourth-order valence-electron chi connectivity index (χ4n) is 5.02. The van der Waals surface area contributed by atoms with Gasteiger partial charge < -0.3 is 23.7 Å². The summed E-state index contributed by atoms with van der Waals surface area (Å²) in [6.07, 6.45) is 3.35. The van der Waals surface area contributed by atoms with Crippen LogP contribution >= 0.6 is 23.2 Å². The van der Waals surface area contributed by atoms with Gasteiger partial charge in [-0.3, -0.25) is 0 Å². The van der Waals surface area contributed by atoms with Gasteiger partial charge in [0.15, 0.2) is 23.0 Å². The molecule has 2 heterocycles. The lowest BCUT2D eigenvalue weighted by Crippen LogP contribution is -2.33. The van der Waals surface area contributed by atoms with Crippen molar-refractivity contribution in [2.24, 2.45) is 5.10 Å². The molecule has 39 heavy (non-hydrogen) atoms. The summed E-state index contributed by atoms with van der Waals surface area (Å²) in [5.41, 5.74) is 3.59. The Balaban J connectivity index is 1.53. The summed E-state index contributed by atoms with van der Waals surface area (Å²) >= 11 is 13.1. The predicted octanol–water partition coefficient (Wildman–Crippen LogP) is 7.83. The van der Waals surface area contributed by atoms with Crippen molar-refractivity contribution in [3.63, 3.8) is 0 Å². The molecule has 2 aliphatic rings. The Labute approximate surface area is 239 Å². The van der Waals surface area contributed by atoms with E-state index in [4.69, 9.17) is 52.0 Å². The van der Waals surface area contributed by atoms with Crippen molar-refractivity contribution in [1.82, 2.24) is 5.01 Å². The second-order valence-corrected chi connectivity index (χ2v) is 10.3. The molecule has 0 saturated heterocycles. The van der Waals surface area contributed by atoms with Gasteiger partial charge in [0, 0.05) is 28.1 Å². The summed E-state index contributed by atoms with van der Waals surface area (Å²) in [6, 6.07) is 15.1. The number of unbranched alkanes of at least 4 members (excludes halogenated alkanes) is 2. The third-order valence-corrected chi connectivity index (χ3v) is 7.50. The van der Waals surface area contributed by atoms with Crippen LogP contribution in [-0.4, -0.2) is 38.7 Å². The van der Waals surface area contributed by atoms with Crippen molar-refractivity contribution in [3.05, 3.63) is 75.3 Å². The van der Waals surface area contributed by atoms with E-state index in [1.807, 2.05) is 47.5 Å². The molecule has 0 N–H and O–H groups in total. The van der Waals surface area contributed by atoms with Crippen LogP contribution in [0.25, 0.3) is 0 Å². The second-order valence-electron chi connectivity index (χ2n) is 9.46. The maximum Gasteiger partial charge on any atom is 0.214 e. The Morgan fingerprint density at radius 2 is 1.64 bits per heavy atom. The van der Waals surface area contributed by atoms with Gasteiger partial charge >= 0.3 is 0 Å². The van der Waals surface area contributed by atoms with Crippen LogP contribution in [0.1, 0.15) is 61.6 Å². The summed E-state index contributed by atoms with van der Waals surface area (Å²) in [4.78, 5) is 0. The Morgan fingerprint density at radius 1 is 0.897 bits per heavy atom. The van der Waals surface area contributed by atoms with Crippen LogP contribution in [-0.2, 0) is 0 Å². The van der Waals surface area contributed by atoms with Crippen molar-refractivity contribution >= 4 is 28.9 Å². The van der Waals surface area contributed by atoms with Crippen LogP contribution in [0.5, 0.6) is 28.7 Å². The molecule has 0 bridgehead atoms. The zero-order valence-electron chi connectivity index (χ0n) is 22.5. The molecule has 0 aromatic heterocycles. The quantitative estimate of drug-likeness (QED) is 0.231. The molecule has 7 nitrogen and oxygen atoms in total. The number of hydrogen-bond donors (Lipinski definition) is 0. The van der Waals surface area contributed by atoms with Crippen molar-refractivity contribution in [3.8, 4) is 28.7 Å². The zero-order valence-corrected chi connectivity index (χ0v) is 24.0. The monoisotopic (exact) mass is 570 g/mol. The van der Waals surface area contributed by atoms with E-state index in [-0.39, 0.29) is 6.04 Å². The minimum atomic E-state index is -0.540. The van der Waals surface area contributed by atoms with Crippen LogP contribution in [0.2, 0.25) is 10.0 Å². The highest BCUT2D eigenvalue weighted by molar-refractivity contribution is 6.35. The van der Waals surface area contributed by atoms with E-state index < -0.39 is 6.23 Å². The van der Waals surface area contributed by atoms with Crippen molar-refractivity contribution in [1.29, 1.82) is 0 Å². The number of ether oxygens (including phenoxy) is 5. The minimum Gasteiger partial charge on any atom is -0.493 e. The fourth-order valence-corrected chi connectivity index (χ4v) is 5.57. The maximum absolute atomic E-state index is 6.64. The Kier molecular flexibility index (Phi) is 8.29. The van der Waals surface area contributed by atoms with Crippen LogP contribution < -0.4 is 23.7 Å². The fraction of sp³-hybridized carbons (Fsp3) is 0.367. The van der Waals surface area contributed by atoms with E-state index in [2.05, 4.69) is 6.92 Å². The minimum absolute atomic E-state index is 0.131. The van der Waals surface area contributed by atoms with Crippen LogP contribution in [0.15, 0.2) is 53.6 Å². The van der Waals surface area contributed by atoms with Gasteiger partial charge in [0.25, 0.3) is 0 Å². The third kappa shape index (κ3) is 5.43. The van der Waals surface area contributed by atoms with E-state index in [1.54, 1.807) is 27.4 Å². The number of halogens is 2. The number of nitrogens with zero attached hydrogens (tertiary/aromatic N) is 2. The molecule has 2 atom stereocenters. The molecule has 2 aliphatic heterocycles. The van der Waals surface area contributed by atoms with Crippen LogP contribution in [0.4, 0.5) is 0 Å². The van der Waals surface area contributed by atoms with E-state index in [0.29, 0.717) is 51.8 Å². The zero-order chi connectivity index (χ0) is 27.5. The molecule has 0 fully saturated rings. The normalized spacial score (nSPS) is 17.6. The molecular formula is C30H32Cl2N2O5. The molecule has 0 saturated carbocycles. The lowest BCUT2D eigenvalue weighted by Gasteiger charge is -2.38. The van der Waals surface area contributed by atoms with E-state index in [9.17, 15) is 0 Å². The summed E-state index contributed by atoms with van der Waals surface area (Å²) in [6.45, 7) is 2.81. The van der Waals surface area contributed by atoms with Gasteiger partial charge in [-0.25, -0.2) is 5.01 Å². The number of hydrogen-bond acceptors (Lipinski definition) is 7. The third-order valence-electron chi connectivity index (χ3n) is 7.00. The van der Waals surface area contributed by atoms with Gasteiger partial charge in [0.1, 0.15) is 5.75 Å². The van der Waals surface area contributed by atoms with Gasteiger partial charge in [0.05, 0.1) is 44.7 Å². The predicted molar refractivity (Wildman–Crippen MR) is 153 cm³/mol. The van der Waals surface area contributed by atoms with Crippen molar-refractivity contribution in [2.75, 3.05) is 27.9 Å². The number of rotatable bonds is 10. The number of fused-ring (bicyclic) bond motifs is 3. The Morgan fingerprint density at radius 3 is 2.38 bits per heavy atom. The first-order valence-corrected chi connectivity index (χ1v) is 13.8. The SMILES string of the molecule is CCCCCOc1ccc(C2Oc3c(Cl)cc(Cl)cc3C3CC(c4ccc(OC)c(OC)c4)=NN32)cc1OC. The van der Waals surface area contributed by atoms with Gasteiger partial charge in [-0.05, 0) is 55.0 Å². The first kappa shape index (κ1) is 27.3. The summed E-state index contributed by atoms with van der Waals surface area (Å²) in [5.74, 6) is 3.24. The molecule has 3 aromatic rings. The highest BCUT2D eigenvalue weighted by Gasteiger charge is 2.42. The van der Waals surface area contributed by atoms with Crippen molar-refractivity contribution in [2.45, 2.75) is 44.9 Å². The molecule has 5 rings (SSSR count). The molecule has 0 amide bonds. The molecule has 9 heteroatoms.